The maximum atomic E-state index is 3.73. The lowest BCUT2D eigenvalue weighted by molar-refractivity contribution is 0.339. The van der Waals surface area contributed by atoms with Crippen LogP contribution in [-0.2, 0) is 5.41 Å². The van der Waals surface area contributed by atoms with Crippen molar-refractivity contribution >= 4 is 0 Å². The summed E-state index contributed by atoms with van der Waals surface area (Å²) < 4.78 is 0. The predicted octanol–water partition coefficient (Wildman–Crippen LogP) is 5.58. The first-order chi connectivity index (χ1) is 9.29. The highest BCUT2D eigenvalue weighted by Crippen LogP contribution is 2.44. The Bertz CT molecular complexity index is 456. The van der Waals surface area contributed by atoms with Gasteiger partial charge in [0.25, 0.3) is 0 Å². The van der Waals surface area contributed by atoms with E-state index in [0.717, 1.165) is 0 Å². The quantitative estimate of drug-likeness (QED) is 0.614. The molecule has 0 saturated heterocycles. The normalized spacial score (nSPS) is 19.5. The Morgan fingerprint density at radius 2 is 1.74 bits per heavy atom. The minimum atomic E-state index is 0.255. The van der Waals surface area contributed by atoms with E-state index >= 15 is 0 Å². The summed E-state index contributed by atoms with van der Waals surface area (Å²) in [6.07, 6.45) is 14.8. The highest BCUT2D eigenvalue weighted by Gasteiger charge is 2.34. The van der Waals surface area contributed by atoms with E-state index in [2.05, 4.69) is 56.0 Å². The summed E-state index contributed by atoms with van der Waals surface area (Å²) in [7, 11) is 0. The van der Waals surface area contributed by atoms with Crippen LogP contribution in [0.1, 0.15) is 44.6 Å². The van der Waals surface area contributed by atoms with Crippen LogP contribution in [-0.4, -0.2) is 0 Å². The second-order valence-electron chi connectivity index (χ2n) is 5.48. The molecule has 1 saturated carbocycles. The largest absolute Gasteiger partial charge is 0.0991 e. The zero-order chi connectivity index (χ0) is 13.6. The highest BCUT2D eigenvalue weighted by molar-refractivity contribution is 5.37. The van der Waals surface area contributed by atoms with Crippen molar-refractivity contribution in [3.63, 3.8) is 0 Å². The van der Waals surface area contributed by atoms with E-state index in [-0.39, 0.29) is 5.41 Å². The third kappa shape index (κ3) is 3.07. The van der Waals surface area contributed by atoms with Gasteiger partial charge in [0.2, 0.25) is 0 Å². The molecule has 19 heavy (non-hydrogen) atoms. The number of allylic oxidation sites excluding steroid dienone is 5. The van der Waals surface area contributed by atoms with Crippen molar-refractivity contribution in [1.82, 2.24) is 0 Å². The van der Waals surface area contributed by atoms with Gasteiger partial charge in [0.05, 0.1) is 0 Å². The molecule has 100 valence electrons. The van der Waals surface area contributed by atoms with E-state index in [1.54, 1.807) is 0 Å². The lowest BCUT2D eigenvalue weighted by Crippen LogP contribution is -2.30. The monoisotopic (exact) mass is 252 g/mol. The molecule has 0 radical (unpaired) electrons. The maximum Gasteiger partial charge on any atom is 0.0162 e. The number of hydrogen-bond acceptors (Lipinski definition) is 0. The zero-order valence-corrected chi connectivity index (χ0v) is 11.9. The topological polar surface area (TPSA) is 0 Å². The molecule has 0 nitrogen and oxygen atoms in total. The lowest BCUT2D eigenvalue weighted by atomic mass is 9.65. The van der Waals surface area contributed by atoms with Crippen molar-refractivity contribution in [3.8, 4) is 0 Å². The average Bonchev–Trinajstić information content (AvgIpc) is 2.49. The third-order valence-corrected chi connectivity index (χ3v) is 4.38. The molecule has 2 rings (SSSR count). The number of hydrogen-bond donors (Lipinski definition) is 0. The Hall–Kier alpha value is -1.56. The van der Waals surface area contributed by atoms with E-state index < -0.39 is 0 Å². The fourth-order valence-electron chi connectivity index (χ4n) is 3.26. The van der Waals surface area contributed by atoms with E-state index in [1.807, 2.05) is 12.2 Å². The van der Waals surface area contributed by atoms with Gasteiger partial charge in [-0.05, 0) is 25.3 Å². The van der Waals surface area contributed by atoms with Gasteiger partial charge in [-0.2, -0.15) is 0 Å². The van der Waals surface area contributed by atoms with Crippen molar-refractivity contribution in [2.24, 2.45) is 0 Å². The second kappa shape index (κ2) is 6.56. The van der Waals surface area contributed by atoms with Crippen LogP contribution < -0.4 is 0 Å². The van der Waals surface area contributed by atoms with Gasteiger partial charge < -0.3 is 0 Å². The Kier molecular flexibility index (Phi) is 4.79. The molecule has 0 bridgehead atoms. The molecule has 0 N–H and O–H groups in total. The van der Waals surface area contributed by atoms with Crippen LogP contribution in [0.2, 0.25) is 0 Å². The number of benzene rings is 1. The van der Waals surface area contributed by atoms with Crippen molar-refractivity contribution < 1.29 is 0 Å². The van der Waals surface area contributed by atoms with E-state index in [0.29, 0.717) is 0 Å². The molecule has 1 aromatic rings. The van der Waals surface area contributed by atoms with Gasteiger partial charge in [-0.15, -0.1) is 0 Å². The summed E-state index contributed by atoms with van der Waals surface area (Å²) in [5, 5.41) is 0. The van der Waals surface area contributed by atoms with Crippen LogP contribution in [0, 0.1) is 0 Å². The molecular formula is C19H24. The van der Waals surface area contributed by atoms with E-state index in [4.69, 9.17) is 0 Å². The fourth-order valence-corrected chi connectivity index (χ4v) is 3.26. The van der Waals surface area contributed by atoms with Gasteiger partial charge >= 0.3 is 0 Å². The SMILES string of the molecule is C=C/C=C\C=C(/C)C1(c2ccccc2)CCCCC1. The van der Waals surface area contributed by atoms with Crippen LogP contribution in [0.4, 0.5) is 0 Å². The standard InChI is InChI=1S/C19H24/c1-3-4-7-12-17(2)19(15-10-6-11-16-19)18-13-8-5-9-14-18/h3-5,7-9,12-14H,1,6,10-11,15-16H2,2H3/b7-4-,17-12+. The molecule has 0 amide bonds. The maximum absolute atomic E-state index is 3.73. The van der Waals surface area contributed by atoms with E-state index in [1.165, 1.54) is 43.2 Å². The molecule has 0 heterocycles. The van der Waals surface area contributed by atoms with Crippen LogP contribution in [0.5, 0.6) is 0 Å². The molecule has 1 aliphatic rings. The van der Waals surface area contributed by atoms with Gasteiger partial charge in [0.15, 0.2) is 0 Å². The molecule has 0 heteroatoms. The Balaban J connectivity index is 2.37. The summed E-state index contributed by atoms with van der Waals surface area (Å²) >= 11 is 0. The number of rotatable bonds is 4. The summed E-state index contributed by atoms with van der Waals surface area (Å²) in [6.45, 7) is 6.01. The van der Waals surface area contributed by atoms with Crippen molar-refractivity contribution in [2.75, 3.05) is 0 Å². The summed E-state index contributed by atoms with van der Waals surface area (Å²) in [5.41, 5.74) is 3.22. The van der Waals surface area contributed by atoms with Gasteiger partial charge in [0, 0.05) is 5.41 Å². The fraction of sp³-hybridized carbons (Fsp3) is 0.368. The molecule has 0 spiro atoms. The molecule has 1 fully saturated rings. The minimum Gasteiger partial charge on any atom is -0.0991 e. The molecule has 0 unspecified atom stereocenters. The smallest absolute Gasteiger partial charge is 0.0162 e. The first-order valence-electron chi connectivity index (χ1n) is 7.31. The second-order valence-corrected chi connectivity index (χ2v) is 5.48. The molecule has 0 aliphatic heterocycles. The lowest BCUT2D eigenvalue weighted by Gasteiger charge is -2.39. The first kappa shape index (κ1) is 13.9. The van der Waals surface area contributed by atoms with Gasteiger partial charge in [-0.3, -0.25) is 0 Å². The van der Waals surface area contributed by atoms with E-state index in [9.17, 15) is 0 Å². The summed E-state index contributed by atoms with van der Waals surface area (Å²) in [5.74, 6) is 0. The molecule has 1 aliphatic carbocycles. The van der Waals surface area contributed by atoms with Crippen LogP contribution >= 0.6 is 0 Å². The molecular weight excluding hydrogens is 228 g/mol. The first-order valence-corrected chi connectivity index (χ1v) is 7.31. The Morgan fingerprint density at radius 1 is 1.05 bits per heavy atom. The van der Waals surface area contributed by atoms with Crippen LogP contribution in [0.3, 0.4) is 0 Å². The van der Waals surface area contributed by atoms with Crippen LogP contribution in [0.25, 0.3) is 0 Å². The average molecular weight is 252 g/mol. The van der Waals surface area contributed by atoms with Crippen molar-refractivity contribution in [2.45, 2.75) is 44.4 Å². The summed E-state index contributed by atoms with van der Waals surface area (Å²) in [4.78, 5) is 0. The van der Waals surface area contributed by atoms with Gasteiger partial charge in [0.1, 0.15) is 0 Å². The Labute approximate surface area is 117 Å². The highest BCUT2D eigenvalue weighted by atomic mass is 14.4. The van der Waals surface area contributed by atoms with Gasteiger partial charge in [-0.1, -0.05) is 86.1 Å². The zero-order valence-electron chi connectivity index (χ0n) is 11.9. The Morgan fingerprint density at radius 3 is 2.37 bits per heavy atom. The van der Waals surface area contributed by atoms with Crippen LogP contribution in [0.15, 0.2) is 66.8 Å². The third-order valence-electron chi connectivity index (χ3n) is 4.38. The molecule has 0 atom stereocenters. The molecule has 1 aromatic carbocycles. The van der Waals surface area contributed by atoms with Gasteiger partial charge in [-0.25, -0.2) is 0 Å². The minimum absolute atomic E-state index is 0.255. The molecule has 0 aromatic heterocycles. The van der Waals surface area contributed by atoms with Crippen molar-refractivity contribution in [1.29, 1.82) is 0 Å². The predicted molar refractivity (Wildman–Crippen MR) is 84.3 cm³/mol. The summed E-state index contributed by atoms with van der Waals surface area (Å²) in [6, 6.07) is 11.0. The van der Waals surface area contributed by atoms with Crippen molar-refractivity contribution in [3.05, 3.63) is 72.4 Å².